The quantitative estimate of drug-likeness (QED) is 0.814. The average Bonchev–Trinajstić information content (AvgIpc) is 2.53. The summed E-state index contributed by atoms with van der Waals surface area (Å²) in [5.74, 6) is 0.711. The first-order valence-electron chi connectivity index (χ1n) is 4.12. The van der Waals surface area contributed by atoms with Crippen molar-refractivity contribution in [3.05, 3.63) is 28.7 Å². The van der Waals surface area contributed by atoms with Crippen LogP contribution in [0.1, 0.15) is 6.42 Å². The third-order valence-electron chi connectivity index (χ3n) is 1.95. The molecule has 3 nitrogen and oxygen atoms in total. The van der Waals surface area contributed by atoms with E-state index in [9.17, 15) is 0 Å². The molecule has 68 valence electrons. The zero-order chi connectivity index (χ0) is 9.26. The number of hydrogen-bond acceptors (Lipinski definition) is 3. The predicted octanol–water partition coefficient (Wildman–Crippen LogP) is 1.93. The molecule has 1 aromatic rings. The predicted molar refractivity (Wildman–Crippen MR) is 57.7 cm³/mol. The minimum absolute atomic E-state index is 0.711. The van der Waals surface area contributed by atoms with Crippen molar-refractivity contribution in [2.24, 2.45) is 10.8 Å². The summed E-state index contributed by atoms with van der Waals surface area (Å²) in [6, 6.07) is 8.04. The van der Waals surface area contributed by atoms with E-state index in [1.807, 2.05) is 29.3 Å². The number of rotatable bonds is 1. The van der Waals surface area contributed by atoms with E-state index in [0.29, 0.717) is 5.84 Å². The van der Waals surface area contributed by atoms with E-state index in [1.54, 1.807) is 0 Å². The Morgan fingerprint density at radius 3 is 2.54 bits per heavy atom. The summed E-state index contributed by atoms with van der Waals surface area (Å²) < 4.78 is 1.08. The molecule has 0 bridgehead atoms. The minimum Gasteiger partial charge on any atom is -0.386 e. The highest BCUT2D eigenvalue weighted by Gasteiger charge is 2.12. The molecule has 2 rings (SSSR count). The monoisotopic (exact) mass is 239 g/mol. The van der Waals surface area contributed by atoms with Crippen LogP contribution in [0.2, 0.25) is 0 Å². The second-order valence-electron chi connectivity index (χ2n) is 2.94. The van der Waals surface area contributed by atoms with E-state index in [-0.39, 0.29) is 0 Å². The Labute approximate surface area is 85.4 Å². The molecular formula is C9H10BrN3. The van der Waals surface area contributed by atoms with Crippen molar-refractivity contribution in [1.29, 1.82) is 0 Å². The first-order valence-corrected chi connectivity index (χ1v) is 4.91. The summed E-state index contributed by atoms with van der Waals surface area (Å²) in [5.41, 5.74) is 6.68. The van der Waals surface area contributed by atoms with Crippen LogP contribution in [0.25, 0.3) is 0 Å². The van der Waals surface area contributed by atoms with E-state index in [0.717, 1.165) is 23.1 Å². The highest BCUT2D eigenvalue weighted by atomic mass is 79.9. The largest absolute Gasteiger partial charge is 0.386 e. The third kappa shape index (κ3) is 1.83. The summed E-state index contributed by atoms with van der Waals surface area (Å²) in [6.45, 7) is 0.882. The van der Waals surface area contributed by atoms with Crippen molar-refractivity contribution >= 4 is 27.5 Å². The van der Waals surface area contributed by atoms with E-state index in [1.165, 1.54) is 0 Å². The number of anilines is 1. The normalized spacial score (nSPS) is 16.1. The summed E-state index contributed by atoms with van der Waals surface area (Å²) >= 11 is 3.39. The van der Waals surface area contributed by atoms with E-state index >= 15 is 0 Å². The molecule has 0 unspecified atom stereocenters. The molecule has 0 aliphatic carbocycles. The van der Waals surface area contributed by atoms with Crippen LogP contribution in [0.15, 0.2) is 33.8 Å². The SMILES string of the molecule is NC1=NN(c2ccc(Br)cc2)CC1. The van der Waals surface area contributed by atoms with Crippen LogP contribution < -0.4 is 10.7 Å². The van der Waals surface area contributed by atoms with Crippen molar-refractivity contribution in [1.82, 2.24) is 0 Å². The molecule has 0 aromatic heterocycles. The Morgan fingerprint density at radius 2 is 2.00 bits per heavy atom. The topological polar surface area (TPSA) is 41.6 Å². The van der Waals surface area contributed by atoms with E-state index in [4.69, 9.17) is 5.73 Å². The van der Waals surface area contributed by atoms with Gasteiger partial charge in [-0.15, -0.1) is 0 Å². The Morgan fingerprint density at radius 1 is 1.31 bits per heavy atom. The maximum atomic E-state index is 5.59. The van der Waals surface area contributed by atoms with Gasteiger partial charge in [-0.25, -0.2) is 0 Å². The number of hydrazone groups is 1. The highest BCUT2D eigenvalue weighted by Crippen LogP contribution is 2.20. The molecule has 1 aliphatic rings. The maximum absolute atomic E-state index is 5.59. The van der Waals surface area contributed by atoms with Gasteiger partial charge in [0.1, 0.15) is 5.84 Å². The van der Waals surface area contributed by atoms with Crippen LogP contribution in [-0.4, -0.2) is 12.4 Å². The Balaban J connectivity index is 2.22. The zero-order valence-corrected chi connectivity index (χ0v) is 8.66. The Hall–Kier alpha value is -1.03. The number of nitrogens with zero attached hydrogens (tertiary/aromatic N) is 2. The summed E-state index contributed by atoms with van der Waals surface area (Å²) in [5, 5.41) is 6.12. The van der Waals surface area contributed by atoms with Gasteiger partial charge in [0.05, 0.1) is 5.69 Å². The van der Waals surface area contributed by atoms with Crippen molar-refractivity contribution in [2.45, 2.75) is 6.42 Å². The van der Waals surface area contributed by atoms with Gasteiger partial charge in [0.15, 0.2) is 0 Å². The van der Waals surface area contributed by atoms with Crippen LogP contribution >= 0.6 is 15.9 Å². The summed E-state index contributed by atoms with van der Waals surface area (Å²) in [6.07, 6.45) is 0.857. The summed E-state index contributed by atoms with van der Waals surface area (Å²) in [4.78, 5) is 0. The Bertz CT molecular complexity index is 331. The minimum atomic E-state index is 0.711. The van der Waals surface area contributed by atoms with Gasteiger partial charge >= 0.3 is 0 Å². The molecule has 0 fully saturated rings. The van der Waals surface area contributed by atoms with Crippen molar-refractivity contribution in [3.8, 4) is 0 Å². The maximum Gasteiger partial charge on any atom is 0.122 e. The Kier molecular flexibility index (Phi) is 2.22. The second-order valence-corrected chi connectivity index (χ2v) is 3.86. The molecule has 1 heterocycles. The molecule has 1 aromatic carbocycles. The van der Waals surface area contributed by atoms with Crippen molar-refractivity contribution < 1.29 is 0 Å². The van der Waals surface area contributed by atoms with Crippen LogP contribution in [0, 0.1) is 0 Å². The fraction of sp³-hybridized carbons (Fsp3) is 0.222. The first kappa shape index (κ1) is 8.56. The molecule has 0 saturated heterocycles. The molecule has 13 heavy (non-hydrogen) atoms. The van der Waals surface area contributed by atoms with Crippen LogP contribution in [0.3, 0.4) is 0 Å². The second kappa shape index (κ2) is 3.38. The molecule has 0 atom stereocenters. The number of amidine groups is 1. The fourth-order valence-electron chi connectivity index (χ4n) is 1.28. The van der Waals surface area contributed by atoms with Gasteiger partial charge in [-0.05, 0) is 24.3 Å². The summed E-state index contributed by atoms with van der Waals surface area (Å²) in [7, 11) is 0. The standard InChI is InChI=1S/C9H10BrN3/c10-7-1-3-8(4-2-7)13-6-5-9(11)12-13/h1-4H,5-6H2,(H2,11,12). The van der Waals surface area contributed by atoms with Crippen LogP contribution in [0.4, 0.5) is 5.69 Å². The van der Waals surface area contributed by atoms with E-state index in [2.05, 4.69) is 21.0 Å². The lowest BCUT2D eigenvalue weighted by Gasteiger charge is -2.12. The average molecular weight is 240 g/mol. The number of hydrogen-bond donors (Lipinski definition) is 1. The van der Waals surface area contributed by atoms with Crippen molar-refractivity contribution in [3.63, 3.8) is 0 Å². The van der Waals surface area contributed by atoms with Crippen LogP contribution in [-0.2, 0) is 0 Å². The van der Waals surface area contributed by atoms with Gasteiger partial charge in [0, 0.05) is 17.4 Å². The van der Waals surface area contributed by atoms with Gasteiger partial charge in [-0.1, -0.05) is 15.9 Å². The van der Waals surface area contributed by atoms with Crippen LogP contribution in [0.5, 0.6) is 0 Å². The molecule has 0 saturated carbocycles. The highest BCUT2D eigenvalue weighted by molar-refractivity contribution is 9.10. The molecule has 0 radical (unpaired) electrons. The lowest BCUT2D eigenvalue weighted by atomic mass is 10.3. The zero-order valence-electron chi connectivity index (χ0n) is 7.07. The van der Waals surface area contributed by atoms with Gasteiger partial charge in [-0.2, -0.15) is 5.10 Å². The molecular weight excluding hydrogens is 230 g/mol. The number of halogens is 1. The molecule has 0 spiro atoms. The molecule has 1 aliphatic heterocycles. The lowest BCUT2D eigenvalue weighted by Crippen LogP contribution is -2.11. The lowest BCUT2D eigenvalue weighted by molar-refractivity contribution is 0.922. The number of nitrogens with two attached hydrogens (primary N) is 1. The van der Waals surface area contributed by atoms with E-state index < -0.39 is 0 Å². The fourth-order valence-corrected chi connectivity index (χ4v) is 1.54. The van der Waals surface area contributed by atoms with Gasteiger partial charge in [0.2, 0.25) is 0 Å². The number of benzene rings is 1. The molecule has 4 heteroatoms. The third-order valence-corrected chi connectivity index (χ3v) is 2.48. The van der Waals surface area contributed by atoms with Crippen molar-refractivity contribution in [2.75, 3.05) is 11.6 Å². The van der Waals surface area contributed by atoms with Gasteiger partial charge < -0.3 is 5.73 Å². The first-order chi connectivity index (χ1) is 6.25. The van der Waals surface area contributed by atoms with Gasteiger partial charge in [0.25, 0.3) is 0 Å². The molecule has 2 N–H and O–H groups in total. The van der Waals surface area contributed by atoms with Gasteiger partial charge in [-0.3, -0.25) is 5.01 Å². The smallest absolute Gasteiger partial charge is 0.122 e. The molecule has 0 amide bonds.